The second kappa shape index (κ2) is 5.93. The Balaban J connectivity index is 2.77. The molecule has 3 N–H and O–H groups in total. The van der Waals surface area contributed by atoms with Gasteiger partial charge in [-0.25, -0.2) is 4.98 Å². The summed E-state index contributed by atoms with van der Waals surface area (Å²) in [5.74, 6) is 0.600. The smallest absolute Gasteiger partial charge is 0.149 e. The Morgan fingerprint density at radius 2 is 2.44 bits per heavy atom. The summed E-state index contributed by atoms with van der Waals surface area (Å²) in [4.78, 5) is 4.10. The average molecular weight is 220 g/mol. The van der Waals surface area contributed by atoms with Gasteiger partial charge in [-0.15, -0.1) is 0 Å². The van der Waals surface area contributed by atoms with Crippen LogP contribution in [0, 0.1) is 11.3 Å². The number of methoxy groups -OCH3 is 1. The standard InChI is InChI=1S/C11H16N4O/c1-3-9(7-16-2)15-11-10(13)4-8(5-12)6-14-11/h4,6,9H,3,7,13H2,1-2H3,(H,14,15). The van der Waals surface area contributed by atoms with Crippen molar-refractivity contribution in [1.29, 1.82) is 5.26 Å². The molecule has 16 heavy (non-hydrogen) atoms. The van der Waals surface area contributed by atoms with Crippen molar-refractivity contribution in [1.82, 2.24) is 4.98 Å². The van der Waals surface area contributed by atoms with E-state index in [0.717, 1.165) is 6.42 Å². The van der Waals surface area contributed by atoms with Gasteiger partial charge >= 0.3 is 0 Å². The zero-order valence-electron chi connectivity index (χ0n) is 9.53. The number of hydrogen-bond acceptors (Lipinski definition) is 5. The lowest BCUT2D eigenvalue weighted by Crippen LogP contribution is -2.25. The SMILES string of the molecule is CCC(COC)Nc1ncc(C#N)cc1N. The van der Waals surface area contributed by atoms with E-state index < -0.39 is 0 Å². The summed E-state index contributed by atoms with van der Waals surface area (Å²) in [6.45, 7) is 2.65. The van der Waals surface area contributed by atoms with Gasteiger partial charge in [0.15, 0.2) is 0 Å². The molecule has 5 heteroatoms. The Hall–Kier alpha value is -1.80. The third-order valence-electron chi connectivity index (χ3n) is 2.25. The molecule has 0 saturated carbocycles. The van der Waals surface area contributed by atoms with Crippen molar-refractivity contribution in [2.45, 2.75) is 19.4 Å². The van der Waals surface area contributed by atoms with Crippen LogP contribution in [0.4, 0.5) is 11.5 Å². The van der Waals surface area contributed by atoms with Gasteiger partial charge in [-0.3, -0.25) is 0 Å². The lowest BCUT2D eigenvalue weighted by Gasteiger charge is -2.17. The summed E-state index contributed by atoms with van der Waals surface area (Å²) in [6, 6.07) is 3.77. The van der Waals surface area contributed by atoms with Crippen molar-refractivity contribution in [2.75, 3.05) is 24.8 Å². The zero-order chi connectivity index (χ0) is 12.0. The fraction of sp³-hybridized carbons (Fsp3) is 0.455. The molecule has 0 spiro atoms. The summed E-state index contributed by atoms with van der Waals surface area (Å²) in [5, 5.41) is 11.9. The number of ether oxygens (including phenoxy) is 1. The van der Waals surface area contributed by atoms with Crippen LogP contribution in [0.5, 0.6) is 0 Å². The number of anilines is 2. The highest BCUT2D eigenvalue weighted by Gasteiger charge is 2.09. The van der Waals surface area contributed by atoms with Gasteiger partial charge in [0.05, 0.1) is 23.9 Å². The van der Waals surface area contributed by atoms with Crippen LogP contribution in [0.15, 0.2) is 12.3 Å². The van der Waals surface area contributed by atoms with E-state index in [4.69, 9.17) is 15.7 Å². The van der Waals surface area contributed by atoms with Crippen LogP contribution in [-0.2, 0) is 4.74 Å². The van der Waals surface area contributed by atoms with Crippen LogP contribution in [0.25, 0.3) is 0 Å². The Kier molecular flexibility index (Phi) is 4.55. The molecule has 1 heterocycles. The second-order valence-corrected chi connectivity index (χ2v) is 3.48. The molecule has 0 fully saturated rings. The number of rotatable bonds is 5. The highest BCUT2D eigenvalue weighted by atomic mass is 16.5. The average Bonchev–Trinajstić information content (AvgIpc) is 2.30. The minimum Gasteiger partial charge on any atom is -0.396 e. The summed E-state index contributed by atoms with van der Waals surface area (Å²) in [5.41, 5.74) is 6.72. The Morgan fingerprint density at radius 3 is 2.94 bits per heavy atom. The molecule has 0 radical (unpaired) electrons. The second-order valence-electron chi connectivity index (χ2n) is 3.48. The molecule has 0 amide bonds. The molecule has 1 unspecified atom stereocenters. The van der Waals surface area contributed by atoms with Gasteiger partial charge in [0.1, 0.15) is 11.9 Å². The molecule has 1 aromatic heterocycles. The molecule has 1 aromatic rings. The summed E-state index contributed by atoms with van der Waals surface area (Å²) in [7, 11) is 1.65. The fourth-order valence-corrected chi connectivity index (χ4v) is 1.32. The molecule has 86 valence electrons. The van der Waals surface area contributed by atoms with Gasteiger partial charge in [0, 0.05) is 13.3 Å². The molecule has 0 aliphatic heterocycles. The maximum Gasteiger partial charge on any atom is 0.149 e. The predicted octanol–water partition coefficient (Wildman–Crippen LogP) is 1.37. The molecule has 0 aliphatic rings. The lowest BCUT2D eigenvalue weighted by molar-refractivity contribution is 0.184. The number of nitrogens with zero attached hydrogens (tertiary/aromatic N) is 2. The van der Waals surface area contributed by atoms with Crippen LogP contribution in [0.1, 0.15) is 18.9 Å². The number of nitrogen functional groups attached to an aromatic ring is 1. The van der Waals surface area contributed by atoms with E-state index >= 15 is 0 Å². The number of nitrogens with one attached hydrogen (secondary N) is 1. The molecule has 0 aliphatic carbocycles. The number of nitrogens with two attached hydrogens (primary N) is 1. The Morgan fingerprint density at radius 1 is 1.69 bits per heavy atom. The van der Waals surface area contributed by atoms with Gasteiger partial charge in [-0.05, 0) is 12.5 Å². The van der Waals surface area contributed by atoms with Crippen molar-refractivity contribution in [3.05, 3.63) is 17.8 Å². The van der Waals surface area contributed by atoms with Crippen molar-refractivity contribution >= 4 is 11.5 Å². The zero-order valence-corrected chi connectivity index (χ0v) is 9.53. The number of nitriles is 1. The Bertz CT molecular complexity index is 386. The first-order valence-corrected chi connectivity index (χ1v) is 5.12. The van der Waals surface area contributed by atoms with Crippen LogP contribution in [0.3, 0.4) is 0 Å². The molecule has 0 aromatic carbocycles. The molecule has 0 bridgehead atoms. The van der Waals surface area contributed by atoms with Crippen molar-refractivity contribution < 1.29 is 4.74 Å². The van der Waals surface area contributed by atoms with Crippen molar-refractivity contribution in [3.63, 3.8) is 0 Å². The van der Waals surface area contributed by atoms with E-state index in [1.807, 2.05) is 6.07 Å². The van der Waals surface area contributed by atoms with Gasteiger partial charge in [-0.1, -0.05) is 6.92 Å². The third kappa shape index (κ3) is 3.11. The summed E-state index contributed by atoms with van der Waals surface area (Å²) < 4.78 is 5.07. The third-order valence-corrected chi connectivity index (χ3v) is 2.25. The van der Waals surface area contributed by atoms with Gasteiger partial charge < -0.3 is 15.8 Å². The van der Waals surface area contributed by atoms with Gasteiger partial charge in [-0.2, -0.15) is 5.26 Å². The molecular formula is C11H16N4O. The van der Waals surface area contributed by atoms with Crippen LogP contribution in [0.2, 0.25) is 0 Å². The highest BCUT2D eigenvalue weighted by Crippen LogP contribution is 2.17. The van der Waals surface area contributed by atoms with E-state index in [1.165, 1.54) is 6.20 Å². The minimum absolute atomic E-state index is 0.174. The molecule has 5 nitrogen and oxygen atoms in total. The highest BCUT2D eigenvalue weighted by molar-refractivity contribution is 5.63. The minimum atomic E-state index is 0.174. The first kappa shape index (κ1) is 12.3. The largest absolute Gasteiger partial charge is 0.396 e. The normalized spacial score (nSPS) is 11.8. The first-order chi connectivity index (χ1) is 7.71. The van der Waals surface area contributed by atoms with E-state index in [0.29, 0.717) is 23.7 Å². The van der Waals surface area contributed by atoms with E-state index in [-0.39, 0.29) is 6.04 Å². The Labute approximate surface area is 95.2 Å². The maximum absolute atomic E-state index is 8.68. The van der Waals surface area contributed by atoms with Crippen molar-refractivity contribution in [2.24, 2.45) is 0 Å². The lowest BCUT2D eigenvalue weighted by atomic mass is 10.2. The predicted molar refractivity (Wildman–Crippen MR) is 62.9 cm³/mol. The maximum atomic E-state index is 8.68. The summed E-state index contributed by atoms with van der Waals surface area (Å²) >= 11 is 0. The first-order valence-electron chi connectivity index (χ1n) is 5.12. The van der Waals surface area contributed by atoms with Crippen LogP contribution in [-0.4, -0.2) is 24.7 Å². The van der Waals surface area contributed by atoms with Crippen LogP contribution < -0.4 is 11.1 Å². The molecular weight excluding hydrogens is 204 g/mol. The van der Waals surface area contributed by atoms with Crippen molar-refractivity contribution in [3.8, 4) is 6.07 Å². The number of hydrogen-bond donors (Lipinski definition) is 2. The number of pyridine rings is 1. The fourth-order valence-electron chi connectivity index (χ4n) is 1.32. The monoisotopic (exact) mass is 220 g/mol. The quantitative estimate of drug-likeness (QED) is 0.783. The topological polar surface area (TPSA) is 84.0 Å². The van der Waals surface area contributed by atoms with E-state index in [9.17, 15) is 0 Å². The van der Waals surface area contributed by atoms with Gasteiger partial charge in [0.2, 0.25) is 0 Å². The summed E-state index contributed by atoms with van der Waals surface area (Å²) in [6.07, 6.45) is 2.41. The number of aromatic nitrogens is 1. The van der Waals surface area contributed by atoms with Crippen LogP contribution >= 0.6 is 0 Å². The molecule has 1 atom stereocenters. The van der Waals surface area contributed by atoms with E-state index in [1.54, 1.807) is 13.2 Å². The van der Waals surface area contributed by atoms with Gasteiger partial charge in [0.25, 0.3) is 0 Å². The van der Waals surface area contributed by atoms with E-state index in [2.05, 4.69) is 17.2 Å². The molecule has 1 rings (SSSR count). The molecule has 0 saturated heterocycles.